The minimum absolute atomic E-state index is 0.0147. The van der Waals surface area contributed by atoms with E-state index in [9.17, 15) is 18.0 Å². The van der Waals surface area contributed by atoms with Gasteiger partial charge < -0.3 is 9.30 Å². The highest BCUT2D eigenvalue weighted by atomic mass is 127. The molecule has 2 aromatic rings. The lowest BCUT2D eigenvalue weighted by Gasteiger charge is -2.16. The van der Waals surface area contributed by atoms with Crippen molar-refractivity contribution < 1.29 is 17.9 Å². The maximum absolute atomic E-state index is 14.3. The largest absolute Gasteiger partial charge is 0.480 e. The van der Waals surface area contributed by atoms with Crippen molar-refractivity contribution in [1.29, 1.82) is 0 Å². The summed E-state index contributed by atoms with van der Waals surface area (Å²) in [4.78, 5) is 12.2. The third-order valence-electron chi connectivity index (χ3n) is 2.99. The van der Waals surface area contributed by atoms with Gasteiger partial charge in [0.25, 0.3) is 12.0 Å². The Hall–Kier alpha value is -1.95. The fourth-order valence-corrected chi connectivity index (χ4v) is 2.55. The number of halogens is 4. The molecule has 0 N–H and O–H groups in total. The second kappa shape index (κ2) is 7.55. The van der Waals surface area contributed by atoms with Gasteiger partial charge in [0, 0.05) is 0 Å². The number of benzene rings is 1. The Bertz CT molecular complexity index is 812. The van der Waals surface area contributed by atoms with E-state index in [4.69, 9.17) is 11.2 Å². The fraction of sp³-hybridized carbons (Fsp3) is 0.188. The van der Waals surface area contributed by atoms with Crippen molar-refractivity contribution >= 4 is 22.6 Å². The summed E-state index contributed by atoms with van der Waals surface area (Å²) in [5, 5.41) is 0. The van der Waals surface area contributed by atoms with Crippen LogP contribution in [0.2, 0.25) is 0 Å². The maximum Gasteiger partial charge on any atom is 0.264 e. The Kier molecular flexibility index (Phi) is 5.71. The number of rotatable bonds is 5. The van der Waals surface area contributed by atoms with Crippen molar-refractivity contribution in [3.63, 3.8) is 0 Å². The number of hydrogen-bond acceptors (Lipinski definition) is 2. The predicted molar refractivity (Wildman–Crippen MR) is 89.1 cm³/mol. The molecule has 0 aliphatic rings. The van der Waals surface area contributed by atoms with Crippen molar-refractivity contribution in [2.45, 2.75) is 13.0 Å². The number of aromatic nitrogens is 1. The molecule has 7 heteroatoms. The molecule has 0 atom stereocenters. The van der Waals surface area contributed by atoms with Gasteiger partial charge in [0.2, 0.25) is 0 Å². The molecule has 120 valence electrons. The first kappa shape index (κ1) is 17.4. The van der Waals surface area contributed by atoms with Gasteiger partial charge >= 0.3 is 0 Å². The lowest BCUT2D eigenvalue weighted by Crippen LogP contribution is -2.27. The molecule has 3 nitrogen and oxygen atoms in total. The van der Waals surface area contributed by atoms with Crippen LogP contribution in [0.25, 0.3) is 11.3 Å². The standard InChI is InChI=1S/C16H11F3INO2/c1-2-8-23-13-5-3-4-10(17)15(13)12-7-6-11(20)16(22)21(12)9-14(18)19/h1,3-7,14H,8-9H2. The number of terminal acetylenes is 1. The van der Waals surface area contributed by atoms with Crippen molar-refractivity contribution in [2.24, 2.45) is 0 Å². The summed E-state index contributed by atoms with van der Waals surface area (Å²) in [5.41, 5.74) is -0.674. The minimum Gasteiger partial charge on any atom is -0.480 e. The van der Waals surface area contributed by atoms with Gasteiger partial charge in [-0.15, -0.1) is 6.42 Å². The van der Waals surface area contributed by atoms with E-state index < -0.39 is 24.3 Å². The molecule has 0 spiro atoms. The average Bonchev–Trinajstić information content (AvgIpc) is 2.50. The summed E-state index contributed by atoms with van der Waals surface area (Å²) in [5.74, 6) is 1.65. The van der Waals surface area contributed by atoms with Crippen LogP contribution in [-0.2, 0) is 6.54 Å². The number of pyridine rings is 1. The molecule has 0 radical (unpaired) electrons. The molecule has 2 rings (SSSR count). The Labute approximate surface area is 144 Å². The number of alkyl halides is 2. The summed E-state index contributed by atoms with van der Waals surface area (Å²) in [6.07, 6.45) is 2.36. The number of nitrogens with zero attached hydrogens (tertiary/aromatic N) is 1. The normalized spacial score (nSPS) is 10.6. The molecule has 0 saturated heterocycles. The monoisotopic (exact) mass is 433 g/mol. The average molecular weight is 433 g/mol. The Morgan fingerprint density at radius 2 is 2.04 bits per heavy atom. The quantitative estimate of drug-likeness (QED) is 0.534. The zero-order valence-corrected chi connectivity index (χ0v) is 13.9. The zero-order chi connectivity index (χ0) is 17.0. The van der Waals surface area contributed by atoms with Crippen LogP contribution in [0.5, 0.6) is 5.75 Å². The van der Waals surface area contributed by atoms with Gasteiger partial charge in [-0.3, -0.25) is 4.79 Å². The van der Waals surface area contributed by atoms with Crippen molar-refractivity contribution in [2.75, 3.05) is 6.61 Å². The molecular weight excluding hydrogens is 422 g/mol. The van der Waals surface area contributed by atoms with Crippen molar-refractivity contribution in [1.82, 2.24) is 4.57 Å². The van der Waals surface area contributed by atoms with E-state index in [2.05, 4.69) is 5.92 Å². The van der Waals surface area contributed by atoms with Crippen LogP contribution < -0.4 is 10.3 Å². The Morgan fingerprint density at radius 1 is 1.30 bits per heavy atom. The summed E-state index contributed by atoms with van der Waals surface area (Å²) < 4.78 is 46.3. The smallest absolute Gasteiger partial charge is 0.264 e. The second-order valence-corrected chi connectivity index (χ2v) is 5.64. The maximum atomic E-state index is 14.3. The van der Waals surface area contributed by atoms with Crippen molar-refractivity contribution in [3.05, 3.63) is 50.1 Å². The molecule has 0 fully saturated rings. The molecule has 23 heavy (non-hydrogen) atoms. The number of hydrogen-bond donors (Lipinski definition) is 0. The first-order valence-corrected chi connectivity index (χ1v) is 7.56. The topological polar surface area (TPSA) is 31.2 Å². The molecule has 1 aromatic carbocycles. The van der Waals surface area contributed by atoms with E-state index in [0.717, 1.165) is 10.6 Å². The van der Waals surface area contributed by atoms with Crippen LogP contribution in [0, 0.1) is 21.7 Å². The van der Waals surface area contributed by atoms with E-state index in [1.165, 1.54) is 24.3 Å². The molecule has 0 bridgehead atoms. The zero-order valence-electron chi connectivity index (χ0n) is 11.7. The van der Waals surface area contributed by atoms with Gasteiger partial charge in [-0.1, -0.05) is 12.0 Å². The first-order chi connectivity index (χ1) is 11.0. The van der Waals surface area contributed by atoms with E-state index in [0.29, 0.717) is 0 Å². The second-order valence-electron chi connectivity index (χ2n) is 4.48. The van der Waals surface area contributed by atoms with Crippen LogP contribution in [0.15, 0.2) is 35.1 Å². The first-order valence-electron chi connectivity index (χ1n) is 6.48. The SMILES string of the molecule is C#CCOc1cccc(F)c1-c1ccc(I)c(=O)n1CC(F)F. The van der Waals surface area contributed by atoms with Crippen LogP contribution in [0.3, 0.4) is 0 Å². The third kappa shape index (κ3) is 3.88. The molecule has 0 aliphatic carbocycles. The van der Waals surface area contributed by atoms with Crippen LogP contribution in [0.1, 0.15) is 0 Å². The van der Waals surface area contributed by atoms with Gasteiger partial charge in [0.15, 0.2) is 0 Å². The number of ether oxygens (including phenoxy) is 1. The molecule has 0 aliphatic heterocycles. The summed E-state index contributed by atoms with van der Waals surface area (Å²) in [6.45, 7) is -0.951. The molecule has 1 aromatic heterocycles. The molecule has 0 amide bonds. The van der Waals surface area contributed by atoms with Gasteiger partial charge in [-0.25, -0.2) is 13.2 Å². The van der Waals surface area contributed by atoms with Gasteiger partial charge in [-0.05, 0) is 46.9 Å². The molecule has 1 heterocycles. The third-order valence-corrected chi connectivity index (χ3v) is 3.81. The molecular formula is C16H11F3INO2. The van der Waals surface area contributed by atoms with Gasteiger partial charge in [-0.2, -0.15) is 0 Å². The van der Waals surface area contributed by atoms with E-state index in [1.54, 1.807) is 22.6 Å². The Balaban J connectivity index is 2.70. The highest BCUT2D eigenvalue weighted by Gasteiger charge is 2.19. The van der Waals surface area contributed by atoms with E-state index >= 15 is 0 Å². The highest BCUT2D eigenvalue weighted by molar-refractivity contribution is 14.1. The Morgan fingerprint density at radius 3 is 2.70 bits per heavy atom. The summed E-state index contributed by atoms with van der Waals surface area (Å²) in [6, 6.07) is 6.88. The molecule has 0 unspecified atom stereocenters. The lowest BCUT2D eigenvalue weighted by molar-refractivity contribution is 0.125. The lowest BCUT2D eigenvalue weighted by atomic mass is 10.1. The van der Waals surface area contributed by atoms with E-state index in [1.807, 2.05) is 0 Å². The summed E-state index contributed by atoms with van der Waals surface area (Å²) >= 11 is 1.74. The summed E-state index contributed by atoms with van der Waals surface area (Å²) in [7, 11) is 0. The van der Waals surface area contributed by atoms with Crippen LogP contribution >= 0.6 is 22.6 Å². The van der Waals surface area contributed by atoms with Crippen molar-refractivity contribution in [3.8, 4) is 29.4 Å². The van der Waals surface area contributed by atoms with Crippen LogP contribution in [-0.4, -0.2) is 17.6 Å². The van der Waals surface area contributed by atoms with Gasteiger partial charge in [0.1, 0.15) is 18.2 Å². The molecule has 0 saturated carbocycles. The highest BCUT2D eigenvalue weighted by Crippen LogP contribution is 2.32. The minimum atomic E-state index is -2.76. The van der Waals surface area contributed by atoms with E-state index in [-0.39, 0.29) is 27.2 Å². The fourth-order valence-electron chi connectivity index (χ4n) is 2.08. The predicted octanol–water partition coefficient (Wildman–Crippen LogP) is 3.54. The van der Waals surface area contributed by atoms with Crippen LogP contribution in [0.4, 0.5) is 13.2 Å². The van der Waals surface area contributed by atoms with Gasteiger partial charge in [0.05, 0.1) is 21.4 Å².